The highest BCUT2D eigenvalue weighted by molar-refractivity contribution is 6.04. The zero-order chi connectivity index (χ0) is 15.0. The van der Waals surface area contributed by atoms with E-state index >= 15 is 0 Å². The number of aromatic nitrogens is 2. The SMILES string of the molecule is NC(=O)c1cccc2c1ncn2-c1ccccc1[N+](=O)[O-]. The molecule has 2 aromatic carbocycles. The lowest BCUT2D eigenvalue weighted by Crippen LogP contribution is -2.11. The largest absolute Gasteiger partial charge is 0.366 e. The molecular formula is C14H10N4O3. The van der Waals surface area contributed by atoms with Crippen LogP contribution in [0, 0.1) is 10.1 Å². The molecule has 7 nitrogen and oxygen atoms in total. The van der Waals surface area contributed by atoms with Gasteiger partial charge in [-0.1, -0.05) is 18.2 Å². The molecule has 1 heterocycles. The van der Waals surface area contributed by atoms with Crippen LogP contribution in [-0.4, -0.2) is 20.4 Å². The van der Waals surface area contributed by atoms with Crippen molar-refractivity contribution in [2.24, 2.45) is 5.73 Å². The number of primary amides is 1. The average molecular weight is 282 g/mol. The average Bonchev–Trinajstić information content (AvgIpc) is 2.90. The number of nitrogens with two attached hydrogens (primary N) is 1. The Morgan fingerprint density at radius 3 is 2.67 bits per heavy atom. The number of amides is 1. The smallest absolute Gasteiger partial charge is 0.293 e. The molecule has 21 heavy (non-hydrogen) atoms. The lowest BCUT2D eigenvalue weighted by molar-refractivity contribution is -0.384. The maximum Gasteiger partial charge on any atom is 0.293 e. The Kier molecular flexibility index (Phi) is 2.87. The van der Waals surface area contributed by atoms with Gasteiger partial charge in [0, 0.05) is 6.07 Å². The van der Waals surface area contributed by atoms with Gasteiger partial charge in [-0.25, -0.2) is 4.98 Å². The Morgan fingerprint density at radius 2 is 1.95 bits per heavy atom. The van der Waals surface area contributed by atoms with Gasteiger partial charge in [-0.2, -0.15) is 0 Å². The number of para-hydroxylation sites is 3. The van der Waals surface area contributed by atoms with Gasteiger partial charge in [0.1, 0.15) is 17.5 Å². The Labute approximate surface area is 118 Å². The van der Waals surface area contributed by atoms with Gasteiger partial charge in [0.05, 0.1) is 16.0 Å². The quantitative estimate of drug-likeness (QED) is 0.586. The first-order chi connectivity index (χ1) is 10.1. The molecule has 0 unspecified atom stereocenters. The van der Waals surface area contributed by atoms with Crippen LogP contribution >= 0.6 is 0 Å². The summed E-state index contributed by atoms with van der Waals surface area (Å²) in [6.07, 6.45) is 1.44. The normalized spacial score (nSPS) is 10.7. The van der Waals surface area contributed by atoms with Gasteiger partial charge < -0.3 is 5.73 Å². The highest BCUT2D eigenvalue weighted by Crippen LogP contribution is 2.27. The van der Waals surface area contributed by atoms with E-state index < -0.39 is 10.8 Å². The molecule has 3 aromatic rings. The summed E-state index contributed by atoms with van der Waals surface area (Å²) < 4.78 is 1.57. The molecule has 0 saturated carbocycles. The third-order valence-corrected chi connectivity index (χ3v) is 3.18. The highest BCUT2D eigenvalue weighted by Gasteiger charge is 2.18. The second-order valence-corrected chi connectivity index (χ2v) is 4.40. The molecule has 7 heteroatoms. The minimum atomic E-state index is -0.589. The number of nitro groups is 1. The van der Waals surface area contributed by atoms with E-state index in [1.165, 1.54) is 12.4 Å². The number of rotatable bonds is 3. The van der Waals surface area contributed by atoms with Crippen molar-refractivity contribution in [1.29, 1.82) is 0 Å². The fourth-order valence-electron chi connectivity index (χ4n) is 2.25. The van der Waals surface area contributed by atoms with Crippen LogP contribution in [0.5, 0.6) is 0 Å². The summed E-state index contributed by atoms with van der Waals surface area (Å²) in [4.78, 5) is 26.2. The van der Waals surface area contributed by atoms with Crippen molar-refractivity contribution in [2.45, 2.75) is 0 Å². The van der Waals surface area contributed by atoms with Crippen molar-refractivity contribution in [2.75, 3.05) is 0 Å². The van der Waals surface area contributed by atoms with E-state index in [1.807, 2.05) is 0 Å². The van der Waals surface area contributed by atoms with Crippen LogP contribution in [0.25, 0.3) is 16.7 Å². The van der Waals surface area contributed by atoms with Crippen molar-refractivity contribution in [1.82, 2.24) is 9.55 Å². The predicted octanol–water partition coefficient (Wildman–Crippen LogP) is 2.03. The van der Waals surface area contributed by atoms with E-state index in [2.05, 4.69) is 4.98 Å². The molecular weight excluding hydrogens is 272 g/mol. The summed E-state index contributed by atoms with van der Waals surface area (Å²) in [7, 11) is 0. The molecule has 0 aliphatic heterocycles. The standard InChI is InChI=1S/C14H10N4O3/c15-14(19)9-4-3-7-12-13(9)16-8-17(12)10-5-1-2-6-11(10)18(20)21/h1-8H,(H2,15,19). The summed E-state index contributed by atoms with van der Waals surface area (Å²) in [6, 6.07) is 11.3. The van der Waals surface area contributed by atoms with Crippen LogP contribution < -0.4 is 5.73 Å². The first-order valence-corrected chi connectivity index (χ1v) is 6.09. The third-order valence-electron chi connectivity index (χ3n) is 3.18. The second kappa shape index (κ2) is 4.71. The van der Waals surface area contributed by atoms with Crippen molar-refractivity contribution in [3.63, 3.8) is 0 Å². The van der Waals surface area contributed by atoms with Gasteiger partial charge in [-0.05, 0) is 18.2 Å². The van der Waals surface area contributed by atoms with Crippen LogP contribution in [0.2, 0.25) is 0 Å². The number of nitrogens with zero attached hydrogens (tertiary/aromatic N) is 3. The number of carbonyl (C=O) groups excluding carboxylic acids is 1. The van der Waals surface area contributed by atoms with Crippen molar-refractivity contribution < 1.29 is 9.72 Å². The lowest BCUT2D eigenvalue weighted by atomic mass is 10.1. The molecule has 0 aliphatic carbocycles. The molecule has 2 N–H and O–H groups in total. The summed E-state index contributed by atoms with van der Waals surface area (Å²) in [5.74, 6) is -0.589. The molecule has 1 aromatic heterocycles. The summed E-state index contributed by atoms with van der Waals surface area (Å²) in [5.41, 5.74) is 6.94. The second-order valence-electron chi connectivity index (χ2n) is 4.40. The van der Waals surface area contributed by atoms with Gasteiger partial charge in [0.2, 0.25) is 0 Å². The van der Waals surface area contributed by atoms with Crippen LogP contribution in [0.3, 0.4) is 0 Å². The van der Waals surface area contributed by atoms with Gasteiger partial charge in [-0.3, -0.25) is 19.5 Å². The number of fused-ring (bicyclic) bond motifs is 1. The van der Waals surface area contributed by atoms with Gasteiger partial charge in [0.25, 0.3) is 11.6 Å². The number of benzene rings is 2. The zero-order valence-corrected chi connectivity index (χ0v) is 10.8. The maximum absolute atomic E-state index is 11.4. The summed E-state index contributed by atoms with van der Waals surface area (Å²) in [6.45, 7) is 0. The monoisotopic (exact) mass is 282 g/mol. The number of nitro benzene ring substituents is 1. The molecule has 104 valence electrons. The first-order valence-electron chi connectivity index (χ1n) is 6.09. The number of hydrogen-bond donors (Lipinski definition) is 1. The van der Waals surface area contributed by atoms with E-state index in [0.717, 1.165) is 0 Å². The molecule has 0 fully saturated rings. The molecule has 3 rings (SSSR count). The van der Waals surface area contributed by atoms with Crippen LogP contribution in [-0.2, 0) is 0 Å². The topological polar surface area (TPSA) is 104 Å². The molecule has 0 atom stereocenters. The molecule has 0 aliphatic rings. The van der Waals surface area contributed by atoms with E-state index in [4.69, 9.17) is 5.73 Å². The summed E-state index contributed by atoms with van der Waals surface area (Å²) >= 11 is 0. The van der Waals surface area contributed by atoms with Crippen LogP contribution in [0.4, 0.5) is 5.69 Å². The molecule has 1 amide bonds. The Hall–Kier alpha value is -3.22. The number of hydrogen-bond acceptors (Lipinski definition) is 4. The van der Waals surface area contributed by atoms with E-state index in [0.29, 0.717) is 16.7 Å². The Bertz CT molecular complexity index is 870. The van der Waals surface area contributed by atoms with Crippen molar-refractivity contribution in [3.05, 3.63) is 64.5 Å². The third kappa shape index (κ3) is 2.00. The van der Waals surface area contributed by atoms with Gasteiger partial charge >= 0.3 is 0 Å². The van der Waals surface area contributed by atoms with E-state index in [9.17, 15) is 14.9 Å². The van der Waals surface area contributed by atoms with Crippen LogP contribution in [0.15, 0.2) is 48.8 Å². The molecule has 0 bridgehead atoms. The zero-order valence-electron chi connectivity index (χ0n) is 10.8. The minimum Gasteiger partial charge on any atom is -0.366 e. The van der Waals surface area contributed by atoms with E-state index in [1.54, 1.807) is 41.0 Å². The fraction of sp³-hybridized carbons (Fsp3) is 0. The minimum absolute atomic E-state index is 0.0405. The molecule has 0 radical (unpaired) electrons. The first kappa shape index (κ1) is 12.8. The Balaban J connectivity index is 2.31. The predicted molar refractivity (Wildman–Crippen MR) is 76.2 cm³/mol. The lowest BCUT2D eigenvalue weighted by Gasteiger charge is -2.05. The fourth-order valence-corrected chi connectivity index (χ4v) is 2.25. The van der Waals surface area contributed by atoms with Crippen molar-refractivity contribution in [3.8, 4) is 5.69 Å². The van der Waals surface area contributed by atoms with Crippen molar-refractivity contribution >= 4 is 22.6 Å². The Morgan fingerprint density at radius 1 is 1.19 bits per heavy atom. The maximum atomic E-state index is 11.4. The number of carbonyl (C=O) groups is 1. The van der Waals surface area contributed by atoms with Crippen LogP contribution in [0.1, 0.15) is 10.4 Å². The molecule has 0 saturated heterocycles. The number of imidazole rings is 1. The molecule has 0 spiro atoms. The summed E-state index contributed by atoms with van der Waals surface area (Å²) in [5, 5.41) is 11.1. The van der Waals surface area contributed by atoms with Gasteiger partial charge in [-0.15, -0.1) is 0 Å². The van der Waals surface area contributed by atoms with Gasteiger partial charge in [0.15, 0.2) is 0 Å². The highest BCUT2D eigenvalue weighted by atomic mass is 16.6. The van der Waals surface area contributed by atoms with E-state index in [-0.39, 0.29) is 11.3 Å².